The van der Waals surface area contributed by atoms with E-state index >= 15 is 0 Å². The van der Waals surface area contributed by atoms with Gasteiger partial charge in [0.1, 0.15) is 12.6 Å². The average Bonchev–Trinajstić information content (AvgIpc) is 2.90. The Morgan fingerprint density at radius 3 is 2.05 bits per heavy atom. The number of anilines is 1. The predicted molar refractivity (Wildman–Crippen MR) is 166 cm³/mol. The van der Waals surface area contributed by atoms with Crippen LogP contribution in [0.4, 0.5) is 5.69 Å². The molecular weight excluding hydrogens is 610 g/mol. The molecule has 214 valence electrons. The Kier molecular flexibility index (Phi) is 10.5. The quantitative estimate of drug-likeness (QED) is 0.273. The number of nitrogens with zero attached hydrogens (tertiary/aromatic N) is 2. The molecule has 0 aromatic heterocycles. The third-order valence-electron chi connectivity index (χ3n) is 6.18. The van der Waals surface area contributed by atoms with Crippen molar-refractivity contribution in [3.63, 3.8) is 0 Å². The molecule has 0 saturated carbocycles. The molecule has 0 aliphatic heterocycles. The minimum Gasteiger partial charge on any atom is -0.350 e. The molecule has 3 rings (SSSR count). The summed E-state index contributed by atoms with van der Waals surface area (Å²) in [6.45, 7) is 8.83. The first kappa shape index (κ1) is 31.7. The van der Waals surface area contributed by atoms with Crippen LogP contribution in [0.3, 0.4) is 0 Å². The predicted octanol–water partition coefficient (Wildman–Crippen LogP) is 6.01. The SMILES string of the molecule is CSc1ccc(S(=O)(=O)N(CC(=O)N(Cc2ccc(Br)cc2)[C@H](C)C(=O)NC(C)(C)C)c2ccc(C)cc2)cc1. The van der Waals surface area contributed by atoms with Crippen LogP contribution in [-0.4, -0.2) is 49.5 Å². The van der Waals surface area contributed by atoms with E-state index in [0.717, 1.165) is 24.8 Å². The van der Waals surface area contributed by atoms with Gasteiger partial charge in [0.05, 0.1) is 10.6 Å². The monoisotopic (exact) mass is 645 g/mol. The molecule has 2 amide bonds. The number of carbonyl (C=O) groups is 2. The lowest BCUT2D eigenvalue weighted by molar-refractivity contribution is -0.140. The van der Waals surface area contributed by atoms with Crippen LogP contribution < -0.4 is 9.62 Å². The maximum atomic E-state index is 14.0. The number of rotatable bonds is 10. The molecule has 0 aliphatic rings. The molecule has 0 saturated heterocycles. The molecule has 0 fully saturated rings. The first-order chi connectivity index (χ1) is 18.7. The fraction of sp³-hybridized carbons (Fsp3) is 0.333. The zero-order valence-corrected chi connectivity index (χ0v) is 26.9. The van der Waals surface area contributed by atoms with Gasteiger partial charge in [-0.05, 0) is 95.0 Å². The third kappa shape index (κ3) is 8.34. The number of thioether (sulfide) groups is 1. The summed E-state index contributed by atoms with van der Waals surface area (Å²) in [6, 6.07) is 20.2. The Balaban J connectivity index is 2.03. The van der Waals surface area contributed by atoms with Gasteiger partial charge in [-0.15, -0.1) is 11.8 Å². The molecule has 0 aliphatic carbocycles. The van der Waals surface area contributed by atoms with Gasteiger partial charge >= 0.3 is 0 Å². The Hall–Kier alpha value is -2.82. The van der Waals surface area contributed by atoms with Crippen molar-refractivity contribution >= 4 is 55.2 Å². The van der Waals surface area contributed by atoms with Crippen molar-refractivity contribution < 1.29 is 18.0 Å². The number of hydrogen-bond acceptors (Lipinski definition) is 5. The van der Waals surface area contributed by atoms with Crippen LogP contribution in [-0.2, 0) is 26.2 Å². The number of carbonyl (C=O) groups excluding carboxylic acids is 2. The molecule has 3 aromatic rings. The van der Waals surface area contributed by atoms with E-state index in [1.54, 1.807) is 55.5 Å². The molecule has 1 atom stereocenters. The molecule has 1 N–H and O–H groups in total. The maximum absolute atomic E-state index is 14.0. The van der Waals surface area contributed by atoms with Crippen molar-refractivity contribution in [2.24, 2.45) is 0 Å². The molecule has 0 unspecified atom stereocenters. The Bertz CT molecular complexity index is 1420. The summed E-state index contributed by atoms with van der Waals surface area (Å²) in [4.78, 5) is 29.6. The highest BCUT2D eigenvalue weighted by Crippen LogP contribution is 2.27. The van der Waals surface area contributed by atoms with Gasteiger partial charge in [-0.3, -0.25) is 13.9 Å². The minimum absolute atomic E-state index is 0.0802. The summed E-state index contributed by atoms with van der Waals surface area (Å²) in [7, 11) is -4.10. The molecule has 0 spiro atoms. The summed E-state index contributed by atoms with van der Waals surface area (Å²) < 4.78 is 29.9. The summed E-state index contributed by atoms with van der Waals surface area (Å²) in [5.41, 5.74) is 1.63. The molecule has 0 heterocycles. The number of halogens is 1. The third-order valence-corrected chi connectivity index (χ3v) is 9.24. The molecule has 0 radical (unpaired) electrons. The topological polar surface area (TPSA) is 86.8 Å². The molecule has 40 heavy (non-hydrogen) atoms. The number of amides is 2. The first-order valence-electron chi connectivity index (χ1n) is 12.8. The van der Waals surface area contributed by atoms with Gasteiger partial charge in [0, 0.05) is 21.5 Å². The Morgan fingerprint density at radius 1 is 0.950 bits per heavy atom. The van der Waals surface area contributed by atoms with E-state index in [2.05, 4.69) is 21.2 Å². The highest BCUT2D eigenvalue weighted by molar-refractivity contribution is 9.10. The maximum Gasteiger partial charge on any atom is 0.264 e. The van der Waals surface area contributed by atoms with Crippen molar-refractivity contribution in [3.8, 4) is 0 Å². The lowest BCUT2D eigenvalue weighted by Crippen LogP contribution is -2.54. The lowest BCUT2D eigenvalue weighted by Gasteiger charge is -2.33. The van der Waals surface area contributed by atoms with Gasteiger partial charge in [0.2, 0.25) is 11.8 Å². The van der Waals surface area contributed by atoms with E-state index in [9.17, 15) is 18.0 Å². The van der Waals surface area contributed by atoms with Gasteiger partial charge in [0.25, 0.3) is 10.0 Å². The standard InChI is InChI=1S/C30H36BrN3O4S2/c1-21-7-13-25(14-8-21)34(40(37,38)27-17-15-26(39-6)16-18-27)20-28(35)33(19-23-9-11-24(31)12-10-23)22(2)29(36)32-30(3,4)5/h7-18,22H,19-20H2,1-6H3,(H,32,36)/t22-/m1/s1. The zero-order chi connectivity index (χ0) is 29.7. The first-order valence-corrected chi connectivity index (χ1v) is 16.3. The summed E-state index contributed by atoms with van der Waals surface area (Å²) in [5.74, 6) is -0.820. The van der Waals surface area contributed by atoms with Gasteiger partial charge in [0.15, 0.2) is 0 Å². The largest absolute Gasteiger partial charge is 0.350 e. The van der Waals surface area contributed by atoms with Gasteiger partial charge in [-0.1, -0.05) is 45.8 Å². The summed E-state index contributed by atoms with van der Waals surface area (Å²) in [6.07, 6.45) is 1.91. The van der Waals surface area contributed by atoms with Crippen LogP contribution >= 0.6 is 27.7 Å². The van der Waals surface area contributed by atoms with E-state index in [1.807, 2.05) is 58.2 Å². The van der Waals surface area contributed by atoms with Crippen molar-refractivity contribution in [1.82, 2.24) is 10.2 Å². The smallest absolute Gasteiger partial charge is 0.264 e. The van der Waals surface area contributed by atoms with Crippen LogP contribution in [0.15, 0.2) is 87.1 Å². The fourth-order valence-corrected chi connectivity index (χ4v) is 6.04. The van der Waals surface area contributed by atoms with Crippen molar-refractivity contribution in [2.45, 2.75) is 62.5 Å². The molecule has 10 heteroatoms. The van der Waals surface area contributed by atoms with E-state index in [1.165, 1.54) is 16.7 Å². The minimum atomic E-state index is -4.10. The number of sulfonamides is 1. The fourth-order valence-electron chi connectivity index (χ4n) is 3.96. The number of nitrogens with one attached hydrogen (secondary N) is 1. The highest BCUT2D eigenvalue weighted by atomic mass is 79.9. The van der Waals surface area contributed by atoms with Crippen LogP contribution in [0.1, 0.15) is 38.8 Å². The summed E-state index contributed by atoms with van der Waals surface area (Å²) in [5, 5.41) is 2.93. The van der Waals surface area contributed by atoms with Crippen molar-refractivity contribution in [1.29, 1.82) is 0 Å². The number of hydrogen-bond donors (Lipinski definition) is 1. The van der Waals surface area contributed by atoms with E-state index in [4.69, 9.17) is 0 Å². The number of aryl methyl sites for hydroxylation is 1. The van der Waals surface area contributed by atoms with Gasteiger partial charge in [-0.25, -0.2) is 8.42 Å². The zero-order valence-electron chi connectivity index (χ0n) is 23.6. The molecular formula is C30H36BrN3O4S2. The second kappa shape index (κ2) is 13.2. The Labute approximate surface area is 250 Å². The van der Waals surface area contributed by atoms with E-state index < -0.39 is 34.1 Å². The highest BCUT2D eigenvalue weighted by Gasteiger charge is 2.33. The van der Waals surface area contributed by atoms with Crippen LogP contribution in [0.2, 0.25) is 0 Å². The second-order valence-corrected chi connectivity index (χ2v) is 14.2. The molecule has 3 aromatic carbocycles. The van der Waals surface area contributed by atoms with E-state index in [-0.39, 0.29) is 17.3 Å². The van der Waals surface area contributed by atoms with Crippen LogP contribution in [0.5, 0.6) is 0 Å². The van der Waals surface area contributed by atoms with Crippen molar-refractivity contribution in [3.05, 3.63) is 88.4 Å². The second-order valence-electron chi connectivity index (χ2n) is 10.6. The van der Waals surface area contributed by atoms with Crippen molar-refractivity contribution in [2.75, 3.05) is 17.1 Å². The molecule has 7 nitrogen and oxygen atoms in total. The van der Waals surface area contributed by atoms with Gasteiger partial charge < -0.3 is 10.2 Å². The summed E-state index contributed by atoms with van der Waals surface area (Å²) >= 11 is 4.93. The Morgan fingerprint density at radius 2 is 1.52 bits per heavy atom. The average molecular weight is 647 g/mol. The van der Waals surface area contributed by atoms with Crippen LogP contribution in [0, 0.1) is 6.92 Å². The van der Waals surface area contributed by atoms with Crippen LogP contribution in [0.25, 0.3) is 0 Å². The molecule has 0 bridgehead atoms. The number of benzene rings is 3. The van der Waals surface area contributed by atoms with Gasteiger partial charge in [-0.2, -0.15) is 0 Å². The lowest BCUT2D eigenvalue weighted by atomic mass is 10.1. The van der Waals surface area contributed by atoms with E-state index in [0.29, 0.717) is 5.69 Å². The normalized spacial score (nSPS) is 12.5.